The summed E-state index contributed by atoms with van der Waals surface area (Å²) in [6, 6.07) is 15.0. The van der Waals surface area contributed by atoms with Crippen LogP contribution in [0.5, 0.6) is 5.75 Å². The fraction of sp³-hybridized carbons (Fsp3) is 0.333. The van der Waals surface area contributed by atoms with E-state index in [9.17, 15) is 8.42 Å². The van der Waals surface area contributed by atoms with Gasteiger partial charge in [0.25, 0.3) is 0 Å². The molecule has 5 nitrogen and oxygen atoms in total. The summed E-state index contributed by atoms with van der Waals surface area (Å²) in [6.07, 6.45) is 0. The van der Waals surface area contributed by atoms with E-state index in [4.69, 9.17) is 4.74 Å². The SMILES string of the molecule is COc1ccc(CN(C)Cc2cccc(S(=O)(=O)N(C)C)c2)cc1. The first kappa shape index (κ1) is 18.4. The third-order valence-corrected chi connectivity index (χ3v) is 5.55. The lowest BCUT2D eigenvalue weighted by atomic mass is 10.2. The van der Waals surface area contributed by atoms with E-state index in [-0.39, 0.29) is 0 Å². The van der Waals surface area contributed by atoms with E-state index in [2.05, 4.69) is 4.90 Å². The normalized spacial score (nSPS) is 11.9. The van der Waals surface area contributed by atoms with Gasteiger partial charge in [-0.3, -0.25) is 4.90 Å². The van der Waals surface area contributed by atoms with E-state index in [1.807, 2.05) is 37.4 Å². The molecule has 2 aromatic carbocycles. The predicted octanol–water partition coefficient (Wildman–Crippen LogP) is 2.58. The third-order valence-electron chi connectivity index (χ3n) is 3.74. The molecule has 24 heavy (non-hydrogen) atoms. The molecule has 0 aromatic heterocycles. The summed E-state index contributed by atoms with van der Waals surface area (Å²) in [7, 11) is 3.34. The second-order valence-corrected chi connectivity index (χ2v) is 8.11. The molecule has 0 bridgehead atoms. The van der Waals surface area contributed by atoms with Gasteiger partial charge < -0.3 is 4.74 Å². The molecule has 0 fully saturated rings. The van der Waals surface area contributed by atoms with Crippen molar-refractivity contribution in [1.29, 1.82) is 0 Å². The number of rotatable bonds is 7. The van der Waals surface area contributed by atoms with Gasteiger partial charge in [-0.05, 0) is 42.4 Å². The molecule has 0 saturated heterocycles. The molecule has 0 N–H and O–H groups in total. The molecule has 0 unspecified atom stereocenters. The summed E-state index contributed by atoms with van der Waals surface area (Å²) in [5, 5.41) is 0. The molecule has 0 atom stereocenters. The van der Waals surface area contributed by atoms with Crippen molar-refractivity contribution in [2.24, 2.45) is 0 Å². The average molecular weight is 348 g/mol. The molecule has 0 amide bonds. The van der Waals surface area contributed by atoms with Crippen LogP contribution in [0.1, 0.15) is 11.1 Å². The zero-order valence-corrected chi connectivity index (χ0v) is 15.4. The van der Waals surface area contributed by atoms with Crippen LogP contribution in [-0.4, -0.2) is 45.9 Å². The summed E-state index contributed by atoms with van der Waals surface area (Å²) >= 11 is 0. The topological polar surface area (TPSA) is 49.9 Å². The molecular weight excluding hydrogens is 324 g/mol. The van der Waals surface area contributed by atoms with Crippen molar-refractivity contribution in [3.8, 4) is 5.75 Å². The second kappa shape index (κ2) is 7.79. The van der Waals surface area contributed by atoms with Crippen LogP contribution in [0.15, 0.2) is 53.4 Å². The van der Waals surface area contributed by atoms with Crippen LogP contribution >= 0.6 is 0 Å². The highest BCUT2D eigenvalue weighted by Gasteiger charge is 2.17. The Morgan fingerprint density at radius 2 is 1.54 bits per heavy atom. The molecule has 6 heteroatoms. The lowest BCUT2D eigenvalue weighted by molar-refractivity contribution is 0.318. The van der Waals surface area contributed by atoms with Crippen molar-refractivity contribution in [2.75, 3.05) is 28.3 Å². The van der Waals surface area contributed by atoms with Gasteiger partial charge >= 0.3 is 0 Å². The number of hydrogen-bond acceptors (Lipinski definition) is 4. The van der Waals surface area contributed by atoms with Crippen LogP contribution < -0.4 is 4.74 Å². The van der Waals surface area contributed by atoms with Crippen molar-refractivity contribution < 1.29 is 13.2 Å². The van der Waals surface area contributed by atoms with Gasteiger partial charge in [-0.1, -0.05) is 24.3 Å². The molecular formula is C18H24N2O3S. The molecule has 2 rings (SSSR count). The van der Waals surface area contributed by atoms with E-state index in [1.165, 1.54) is 24.0 Å². The monoisotopic (exact) mass is 348 g/mol. The summed E-state index contributed by atoms with van der Waals surface area (Å²) in [6.45, 7) is 1.44. The predicted molar refractivity (Wildman–Crippen MR) is 95.5 cm³/mol. The molecule has 0 aliphatic heterocycles. The minimum atomic E-state index is -3.40. The third kappa shape index (κ3) is 4.56. The van der Waals surface area contributed by atoms with Gasteiger partial charge in [-0.2, -0.15) is 0 Å². The van der Waals surface area contributed by atoms with Gasteiger partial charge in [-0.25, -0.2) is 12.7 Å². The molecule has 0 aliphatic rings. The van der Waals surface area contributed by atoms with Crippen LogP contribution in [0.4, 0.5) is 0 Å². The van der Waals surface area contributed by atoms with E-state index < -0.39 is 10.0 Å². The van der Waals surface area contributed by atoms with Crippen molar-refractivity contribution >= 4 is 10.0 Å². The summed E-state index contributed by atoms with van der Waals surface area (Å²) in [5.74, 6) is 0.836. The van der Waals surface area contributed by atoms with Crippen LogP contribution in [-0.2, 0) is 23.1 Å². The lowest BCUT2D eigenvalue weighted by Gasteiger charge is -2.18. The maximum atomic E-state index is 12.2. The zero-order chi connectivity index (χ0) is 17.7. The van der Waals surface area contributed by atoms with E-state index in [1.54, 1.807) is 25.3 Å². The van der Waals surface area contributed by atoms with E-state index in [0.717, 1.165) is 17.9 Å². The smallest absolute Gasteiger partial charge is 0.242 e. The van der Waals surface area contributed by atoms with Crippen molar-refractivity contribution in [2.45, 2.75) is 18.0 Å². The molecule has 130 valence electrons. The van der Waals surface area contributed by atoms with Crippen LogP contribution in [0.3, 0.4) is 0 Å². The fourth-order valence-electron chi connectivity index (χ4n) is 2.43. The number of benzene rings is 2. The Labute approximate surface area is 144 Å². The number of methoxy groups -OCH3 is 1. The molecule has 0 heterocycles. The van der Waals surface area contributed by atoms with Crippen molar-refractivity contribution in [1.82, 2.24) is 9.21 Å². The van der Waals surface area contributed by atoms with Gasteiger partial charge in [0, 0.05) is 27.2 Å². The highest BCUT2D eigenvalue weighted by molar-refractivity contribution is 7.89. The Hall–Kier alpha value is -1.89. The van der Waals surface area contributed by atoms with E-state index >= 15 is 0 Å². The van der Waals surface area contributed by atoms with Gasteiger partial charge in [-0.15, -0.1) is 0 Å². The molecule has 0 spiro atoms. The highest BCUT2D eigenvalue weighted by atomic mass is 32.2. The minimum absolute atomic E-state index is 0.322. The first-order chi connectivity index (χ1) is 11.3. The molecule has 0 radical (unpaired) electrons. The largest absolute Gasteiger partial charge is 0.497 e. The van der Waals surface area contributed by atoms with E-state index in [0.29, 0.717) is 11.4 Å². The maximum Gasteiger partial charge on any atom is 0.242 e. The Bertz CT molecular complexity index is 771. The zero-order valence-electron chi connectivity index (χ0n) is 14.6. The Morgan fingerprint density at radius 1 is 0.917 bits per heavy atom. The summed E-state index contributed by atoms with van der Waals surface area (Å²) in [5.41, 5.74) is 2.14. The first-order valence-corrected chi connectivity index (χ1v) is 9.10. The average Bonchev–Trinajstić information content (AvgIpc) is 2.55. The van der Waals surface area contributed by atoms with Gasteiger partial charge in [0.05, 0.1) is 12.0 Å². The summed E-state index contributed by atoms with van der Waals surface area (Å²) < 4.78 is 30.8. The Balaban J connectivity index is 2.07. The number of sulfonamides is 1. The van der Waals surface area contributed by atoms with Crippen LogP contribution in [0, 0.1) is 0 Å². The first-order valence-electron chi connectivity index (χ1n) is 7.66. The Morgan fingerprint density at radius 3 is 2.12 bits per heavy atom. The number of nitrogens with zero attached hydrogens (tertiary/aromatic N) is 2. The fourth-order valence-corrected chi connectivity index (χ4v) is 3.40. The maximum absolute atomic E-state index is 12.2. The number of hydrogen-bond donors (Lipinski definition) is 0. The van der Waals surface area contributed by atoms with Gasteiger partial charge in [0.1, 0.15) is 5.75 Å². The number of ether oxygens (including phenoxy) is 1. The van der Waals surface area contributed by atoms with Gasteiger partial charge in [0.15, 0.2) is 0 Å². The van der Waals surface area contributed by atoms with Gasteiger partial charge in [0.2, 0.25) is 10.0 Å². The molecule has 0 aliphatic carbocycles. The minimum Gasteiger partial charge on any atom is -0.497 e. The summed E-state index contributed by atoms with van der Waals surface area (Å²) in [4.78, 5) is 2.46. The van der Waals surface area contributed by atoms with Crippen LogP contribution in [0.2, 0.25) is 0 Å². The second-order valence-electron chi connectivity index (χ2n) is 5.96. The van der Waals surface area contributed by atoms with Crippen LogP contribution in [0.25, 0.3) is 0 Å². The molecule has 0 saturated carbocycles. The quantitative estimate of drug-likeness (QED) is 0.772. The Kier molecular flexibility index (Phi) is 5.99. The lowest BCUT2D eigenvalue weighted by Crippen LogP contribution is -2.22. The van der Waals surface area contributed by atoms with Crippen molar-refractivity contribution in [3.05, 3.63) is 59.7 Å². The standard InChI is InChI=1S/C18H24N2O3S/c1-19(2)24(21,22)18-7-5-6-16(12-18)14-20(3)13-15-8-10-17(23-4)11-9-15/h5-12H,13-14H2,1-4H3. The van der Waals surface area contributed by atoms with Crippen molar-refractivity contribution in [3.63, 3.8) is 0 Å². The molecule has 2 aromatic rings. The highest BCUT2D eigenvalue weighted by Crippen LogP contribution is 2.17.